The number of benzene rings is 3. The summed E-state index contributed by atoms with van der Waals surface area (Å²) in [5.41, 5.74) is 7.84. The lowest BCUT2D eigenvalue weighted by atomic mass is 9.87. The van der Waals surface area contributed by atoms with Crippen LogP contribution in [0.15, 0.2) is 96.1 Å². The molecule has 7 rings (SSSR count). The molecule has 3 fully saturated rings. The summed E-state index contributed by atoms with van der Waals surface area (Å²) in [6.07, 6.45) is 7.80. The zero-order valence-electron chi connectivity index (χ0n) is 29.5. The van der Waals surface area contributed by atoms with Gasteiger partial charge >= 0.3 is 5.97 Å². The third-order valence-corrected chi connectivity index (χ3v) is 11.1. The Balaban J connectivity index is 1.05. The minimum atomic E-state index is -0.198. The van der Waals surface area contributed by atoms with E-state index in [1.807, 2.05) is 30.3 Å². The van der Waals surface area contributed by atoms with Crippen LogP contribution < -0.4 is 4.74 Å². The number of esters is 1. The van der Waals surface area contributed by atoms with E-state index in [0.717, 1.165) is 92.8 Å². The zero-order chi connectivity index (χ0) is 34.5. The van der Waals surface area contributed by atoms with Crippen molar-refractivity contribution in [2.45, 2.75) is 83.3 Å². The van der Waals surface area contributed by atoms with Crippen LogP contribution in [0.1, 0.15) is 91.8 Å². The molecule has 4 aromatic rings. The third-order valence-electron chi connectivity index (χ3n) is 11.1. The highest BCUT2D eigenvalue weighted by Gasteiger charge is 2.38. The molecule has 7 heteroatoms. The van der Waals surface area contributed by atoms with Crippen molar-refractivity contribution in [3.05, 3.63) is 130 Å². The molecule has 2 aliphatic carbocycles. The van der Waals surface area contributed by atoms with Gasteiger partial charge in [-0.3, -0.25) is 4.68 Å². The number of piperidine rings is 1. The molecule has 2 saturated carbocycles. The third kappa shape index (κ3) is 8.38. The van der Waals surface area contributed by atoms with Crippen molar-refractivity contribution in [1.82, 2.24) is 14.7 Å². The summed E-state index contributed by atoms with van der Waals surface area (Å²) in [5.74, 6) is 1.92. The van der Waals surface area contributed by atoms with Crippen LogP contribution >= 0.6 is 0 Å². The van der Waals surface area contributed by atoms with Gasteiger partial charge in [0.15, 0.2) is 0 Å². The predicted molar refractivity (Wildman–Crippen MR) is 195 cm³/mol. The van der Waals surface area contributed by atoms with Gasteiger partial charge in [0.05, 0.1) is 12.8 Å². The number of methoxy groups -OCH3 is 1. The molecular formula is C43H50FN3O3. The van der Waals surface area contributed by atoms with Crippen LogP contribution in [0.25, 0.3) is 0 Å². The number of hydrogen-bond donors (Lipinski definition) is 0. The second-order valence-electron chi connectivity index (χ2n) is 14.6. The van der Waals surface area contributed by atoms with E-state index < -0.39 is 0 Å². The molecule has 2 unspecified atom stereocenters. The van der Waals surface area contributed by atoms with E-state index >= 15 is 0 Å². The molecule has 0 radical (unpaired) electrons. The van der Waals surface area contributed by atoms with Gasteiger partial charge < -0.3 is 14.4 Å². The lowest BCUT2D eigenvalue weighted by Crippen LogP contribution is -2.37. The molecular weight excluding hydrogens is 625 g/mol. The first-order valence-corrected chi connectivity index (χ1v) is 18.5. The van der Waals surface area contributed by atoms with Gasteiger partial charge in [0.1, 0.15) is 18.2 Å². The van der Waals surface area contributed by atoms with Crippen LogP contribution in [-0.2, 0) is 29.1 Å². The molecule has 0 amide bonds. The molecule has 1 aliphatic heterocycles. The molecule has 50 heavy (non-hydrogen) atoms. The molecule has 0 N–H and O–H groups in total. The van der Waals surface area contributed by atoms with Crippen molar-refractivity contribution in [2.75, 3.05) is 26.7 Å². The number of ether oxygens (including phenoxy) is 2. The van der Waals surface area contributed by atoms with Crippen molar-refractivity contribution in [3.8, 4) is 5.75 Å². The fourth-order valence-corrected chi connectivity index (χ4v) is 8.18. The number of carbonyl (C=O) groups excluding carboxylic acids is 1. The van der Waals surface area contributed by atoms with Crippen LogP contribution in [0.5, 0.6) is 5.75 Å². The molecule has 262 valence electrons. The van der Waals surface area contributed by atoms with E-state index in [-0.39, 0.29) is 24.3 Å². The minimum Gasteiger partial charge on any atom is -0.497 e. The SMILES string of the molecule is CCn1nc(Cc2ccccc2)cc1C1CCN(CC2C/C(=C(/CC3CC3)C(=O)OCc3ccc(OC)cc3)CC2c2cccc(F)c2)CC1. The second kappa shape index (κ2) is 15.8. The largest absolute Gasteiger partial charge is 0.497 e. The highest BCUT2D eigenvalue weighted by atomic mass is 19.1. The topological polar surface area (TPSA) is 56.6 Å². The van der Waals surface area contributed by atoms with Gasteiger partial charge in [0.25, 0.3) is 0 Å². The summed E-state index contributed by atoms with van der Waals surface area (Å²) in [5, 5.41) is 4.98. The summed E-state index contributed by atoms with van der Waals surface area (Å²) < 4.78 is 28.0. The van der Waals surface area contributed by atoms with E-state index in [0.29, 0.717) is 17.8 Å². The van der Waals surface area contributed by atoms with E-state index in [2.05, 4.69) is 59.0 Å². The highest BCUT2D eigenvalue weighted by molar-refractivity contribution is 5.89. The first-order valence-electron chi connectivity index (χ1n) is 18.5. The Bertz CT molecular complexity index is 1770. The van der Waals surface area contributed by atoms with E-state index in [4.69, 9.17) is 14.6 Å². The Morgan fingerprint density at radius 2 is 1.68 bits per heavy atom. The molecule has 3 aliphatic rings. The number of likely N-dealkylation sites (tertiary alicyclic amines) is 1. The van der Waals surface area contributed by atoms with Crippen LogP contribution in [0.4, 0.5) is 4.39 Å². The van der Waals surface area contributed by atoms with Gasteiger partial charge in [-0.15, -0.1) is 0 Å². The van der Waals surface area contributed by atoms with E-state index in [9.17, 15) is 9.18 Å². The molecule has 2 atom stereocenters. The summed E-state index contributed by atoms with van der Waals surface area (Å²) >= 11 is 0. The van der Waals surface area contributed by atoms with Crippen molar-refractivity contribution in [1.29, 1.82) is 0 Å². The lowest BCUT2D eigenvalue weighted by Gasteiger charge is -2.35. The Hall–Kier alpha value is -4.23. The standard InChI is InChI=1S/C43H50FN3O3/c1-3-47-42(27-38(45-47)22-30-8-5-4-6-9-30)33-18-20-46(21-19-33)28-36-24-35(26-40(36)34-10-7-11-37(44)25-34)41(23-31-12-13-31)43(48)50-29-32-14-16-39(49-2)17-15-32/h4-11,14-17,25,27,31,33,36,40H,3,12-13,18-24,26,28-29H2,1-2H3/b41-35+. The lowest BCUT2D eigenvalue weighted by molar-refractivity contribution is -0.140. The van der Waals surface area contributed by atoms with Gasteiger partial charge in [0, 0.05) is 36.7 Å². The van der Waals surface area contributed by atoms with Crippen LogP contribution in [0.2, 0.25) is 0 Å². The maximum atomic E-state index is 14.6. The number of halogens is 1. The highest BCUT2D eigenvalue weighted by Crippen LogP contribution is 2.47. The molecule has 2 heterocycles. The number of aromatic nitrogens is 2. The molecule has 1 saturated heterocycles. The predicted octanol–water partition coefficient (Wildman–Crippen LogP) is 8.85. The maximum absolute atomic E-state index is 14.6. The van der Waals surface area contributed by atoms with Crippen molar-refractivity contribution in [2.24, 2.45) is 11.8 Å². The van der Waals surface area contributed by atoms with Gasteiger partial charge in [0.2, 0.25) is 0 Å². The number of nitrogens with zero attached hydrogens (tertiary/aromatic N) is 3. The fourth-order valence-electron chi connectivity index (χ4n) is 8.18. The average Bonchev–Trinajstić information content (AvgIpc) is 3.74. The molecule has 1 aromatic heterocycles. The van der Waals surface area contributed by atoms with Crippen molar-refractivity contribution < 1.29 is 18.7 Å². The Morgan fingerprint density at radius 1 is 0.900 bits per heavy atom. The van der Waals surface area contributed by atoms with Crippen LogP contribution in [0, 0.1) is 17.7 Å². The first kappa shape index (κ1) is 34.2. The number of hydrogen-bond acceptors (Lipinski definition) is 5. The van der Waals surface area contributed by atoms with Gasteiger partial charge in [-0.1, -0.05) is 60.2 Å². The van der Waals surface area contributed by atoms with Crippen molar-refractivity contribution >= 4 is 5.97 Å². The molecule has 0 spiro atoms. The number of aryl methyl sites for hydroxylation is 1. The molecule has 6 nitrogen and oxygen atoms in total. The summed E-state index contributed by atoms with van der Waals surface area (Å²) in [4.78, 5) is 16.3. The first-order chi connectivity index (χ1) is 24.4. The second-order valence-corrected chi connectivity index (χ2v) is 14.6. The summed E-state index contributed by atoms with van der Waals surface area (Å²) in [6, 6.07) is 27.7. The van der Waals surface area contributed by atoms with Gasteiger partial charge in [-0.05, 0) is 130 Å². The zero-order valence-corrected chi connectivity index (χ0v) is 29.5. The number of allylic oxidation sites excluding steroid dienone is 1. The summed E-state index contributed by atoms with van der Waals surface area (Å²) in [6.45, 7) is 6.29. The monoisotopic (exact) mass is 675 g/mol. The van der Waals surface area contributed by atoms with Gasteiger partial charge in [-0.25, -0.2) is 9.18 Å². The van der Waals surface area contributed by atoms with E-state index in [1.54, 1.807) is 13.2 Å². The molecule has 3 aromatic carbocycles. The Kier molecular flexibility index (Phi) is 10.8. The maximum Gasteiger partial charge on any atom is 0.334 e. The Labute approximate surface area is 296 Å². The van der Waals surface area contributed by atoms with E-state index in [1.165, 1.54) is 35.7 Å². The quantitative estimate of drug-likeness (QED) is 0.105. The average molecular weight is 676 g/mol. The number of carbonyl (C=O) groups is 1. The Morgan fingerprint density at radius 3 is 2.38 bits per heavy atom. The van der Waals surface area contributed by atoms with Crippen LogP contribution in [-0.4, -0.2) is 47.4 Å². The summed E-state index contributed by atoms with van der Waals surface area (Å²) in [7, 11) is 1.64. The minimum absolute atomic E-state index is 0.170. The van der Waals surface area contributed by atoms with Crippen molar-refractivity contribution in [3.63, 3.8) is 0 Å². The van der Waals surface area contributed by atoms with Crippen LogP contribution in [0.3, 0.4) is 0 Å². The fraction of sp³-hybridized carbons (Fsp3) is 0.442. The number of rotatable bonds is 13. The van der Waals surface area contributed by atoms with Gasteiger partial charge in [-0.2, -0.15) is 5.10 Å². The smallest absolute Gasteiger partial charge is 0.334 e. The molecule has 0 bridgehead atoms. The normalized spacial score (nSPS) is 20.9.